The van der Waals surface area contributed by atoms with E-state index in [4.69, 9.17) is 5.21 Å². The van der Waals surface area contributed by atoms with Crippen LogP contribution in [0.25, 0.3) is 23.0 Å². The van der Waals surface area contributed by atoms with Crippen LogP contribution in [-0.2, 0) is 4.79 Å². The molecule has 0 saturated heterocycles. The molecule has 196 valence electrons. The molecule has 2 aromatic heterocycles. The molecule has 10 nitrogen and oxygen atoms in total. The molecule has 2 heterocycles. The van der Waals surface area contributed by atoms with E-state index in [-0.39, 0.29) is 11.3 Å². The number of carbonyl (C=O) groups is 2. The summed E-state index contributed by atoms with van der Waals surface area (Å²) in [6.45, 7) is 7.85. The first kappa shape index (κ1) is 26.5. The summed E-state index contributed by atoms with van der Waals surface area (Å²) in [5.74, 6) is -0.699. The van der Waals surface area contributed by atoms with Gasteiger partial charge in [0.05, 0.1) is 11.9 Å². The van der Waals surface area contributed by atoms with Crippen LogP contribution in [0.3, 0.4) is 0 Å². The van der Waals surface area contributed by atoms with Gasteiger partial charge in [-0.3, -0.25) is 14.8 Å². The lowest BCUT2D eigenvalue weighted by molar-refractivity contribution is -0.124. The molecule has 0 radical (unpaired) electrons. The fraction of sp³-hybridized carbons (Fsp3) is 0.214. The van der Waals surface area contributed by atoms with E-state index in [0.717, 1.165) is 22.9 Å². The summed E-state index contributed by atoms with van der Waals surface area (Å²) in [7, 11) is 0. The molecule has 0 saturated carbocycles. The van der Waals surface area contributed by atoms with E-state index >= 15 is 0 Å². The van der Waals surface area contributed by atoms with Crippen LogP contribution in [0, 0.1) is 12.3 Å². The minimum Gasteiger partial charge on any atom is -0.373 e. The third kappa shape index (κ3) is 6.23. The van der Waals surface area contributed by atoms with Crippen LogP contribution in [0.15, 0.2) is 66.9 Å². The second-order valence-electron chi connectivity index (χ2n) is 9.98. The van der Waals surface area contributed by atoms with E-state index in [1.807, 2.05) is 45.9 Å². The highest BCUT2D eigenvalue weighted by Gasteiger charge is 2.22. The van der Waals surface area contributed by atoms with Crippen LogP contribution >= 0.6 is 0 Å². The minimum atomic E-state index is -0.720. The number of rotatable bonds is 7. The molecule has 0 spiro atoms. The Kier molecular flexibility index (Phi) is 7.56. The summed E-state index contributed by atoms with van der Waals surface area (Å²) in [6, 6.07) is 16.0. The van der Waals surface area contributed by atoms with Crippen molar-refractivity contribution in [2.45, 2.75) is 33.9 Å². The number of hydrogen-bond acceptors (Lipinski definition) is 7. The number of nitrogens with zero attached hydrogens (tertiary/aromatic N) is 3. The lowest BCUT2D eigenvalue weighted by atomic mass is 9.94. The molecule has 4 rings (SSSR count). The molecule has 4 aromatic rings. The Labute approximate surface area is 220 Å². The molecule has 38 heavy (non-hydrogen) atoms. The molecule has 5 N–H and O–H groups in total. The molecule has 0 bridgehead atoms. The number of anilines is 2. The average molecular weight is 515 g/mol. The first-order valence-electron chi connectivity index (χ1n) is 12.0. The number of fused-ring (bicyclic) bond motifs is 1. The lowest BCUT2D eigenvalue weighted by Crippen LogP contribution is -2.33. The van der Waals surface area contributed by atoms with Gasteiger partial charge in [0.25, 0.3) is 11.8 Å². The number of hydrogen-bond donors (Lipinski definition) is 5. The Morgan fingerprint density at radius 1 is 1.08 bits per heavy atom. The molecule has 2 amide bonds. The SMILES string of the molecule is Cc1ccc(-c2cn3nc(NC(=O)c4cccc(/C=C/C(=O)NO)c4)ccc3n2)cc1NC(O)C(C)(C)C. The Morgan fingerprint density at radius 2 is 1.87 bits per heavy atom. The van der Waals surface area contributed by atoms with E-state index in [1.165, 1.54) is 11.6 Å². The number of aliphatic hydroxyl groups is 1. The van der Waals surface area contributed by atoms with Crippen molar-refractivity contribution >= 4 is 35.0 Å². The van der Waals surface area contributed by atoms with E-state index in [9.17, 15) is 14.7 Å². The van der Waals surface area contributed by atoms with E-state index in [0.29, 0.717) is 28.3 Å². The molecular formula is C28H30N6O4. The Hall–Kier alpha value is -4.54. The first-order chi connectivity index (χ1) is 18.0. The zero-order valence-electron chi connectivity index (χ0n) is 21.6. The van der Waals surface area contributed by atoms with Crippen LogP contribution in [0.1, 0.15) is 42.3 Å². The summed E-state index contributed by atoms with van der Waals surface area (Å²) >= 11 is 0. The van der Waals surface area contributed by atoms with E-state index in [1.54, 1.807) is 47.1 Å². The molecule has 1 atom stereocenters. The number of imidazole rings is 1. The molecule has 0 aliphatic carbocycles. The number of aromatic nitrogens is 3. The number of nitrogens with one attached hydrogen (secondary N) is 3. The van der Waals surface area contributed by atoms with Crippen LogP contribution in [0.4, 0.5) is 11.5 Å². The van der Waals surface area contributed by atoms with Crippen molar-refractivity contribution in [3.8, 4) is 11.3 Å². The number of benzene rings is 2. The van der Waals surface area contributed by atoms with Gasteiger partial charge in [0.15, 0.2) is 11.5 Å². The van der Waals surface area contributed by atoms with Gasteiger partial charge in [0.2, 0.25) is 0 Å². The molecule has 2 aromatic carbocycles. The largest absolute Gasteiger partial charge is 0.373 e. The van der Waals surface area contributed by atoms with E-state index in [2.05, 4.69) is 20.7 Å². The summed E-state index contributed by atoms with van der Waals surface area (Å²) in [6.07, 6.45) is 3.69. The average Bonchev–Trinajstić information content (AvgIpc) is 3.31. The van der Waals surface area contributed by atoms with Crippen LogP contribution in [0.5, 0.6) is 0 Å². The van der Waals surface area contributed by atoms with Crippen molar-refractivity contribution in [1.29, 1.82) is 0 Å². The van der Waals surface area contributed by atoms with Gasteiger partial charge in [-0.25, -0.2) is 15.0 Å². The highest BCUT2D eigenvalue weighted by atomic mass is 16.5. The number of carbonyl (C=O) groups excluding carboxylic acids is 2. The van der Waals surface area contributed by atoms with Gasteiger partial charge in [0.1, 0.15) is 6.23 Å². The molecule has 0 fully saturated rings. The molecule has 0 aliphatic heterocycles. The third-order valence-corrected chi connectivity index (χ3v) is 5.89. The van der Waals surface area contributed by atoms with Gasteiger partial charge in [0, 0.05) is 28.3 Å². The monoisotopic (exact) mass is 514 g/mol. The van der Waals surface area contributed by atoms with Crippen molar-refractivity contribution in [1.82, 2.24) is 20.1 Å². The Bertz CT molecular complexity index is 1520. The van der Waals surface area contributed by atoms with Crippen molar-refractivity contribution in [3.05, 3.63) is 83.6 Å². The summed E-state index contributed by atoms with van der Waals surface area (Å²) < 4.78 is 1.59. The minimum absolute atomic E-state index is 0.329. The van der Waals surface area contributed by atoms with Gasteiger partial charge in [-0.15, -0.1) is 5.10 Å². The fourth-order valence-electron chi connectivity index (χ4n) is 3.57. The standard InChI is InChI=1S/C28H30N6O4/c1-17-8-10-19(15-21(17)30-27(37)28(2,3)4)22-16-34-24(29-22)12-11-23(32-34)31-26(36)20-7-5-6-18(14-20)9-13-25(35)33-38/h5-16,27,30,37-38H,1-4H3,(H,33,35)(H,31,32,36)/b13-9+. The number of aryl methyl sites for hydroxylation is 1. The van der Waals surface area contributed by atoms with Crippen molar-refractivity contribution in [2.75, 3.05) is 10.6 Å². The predicted molar refractivity (Wildman–Crippen MR) is 146 cm³/mol. The number of aliphatic hydroxyl groups excluding tert-OH is 1. The first-order valence-corrected chi connectivity index (χ1v) is 12.0. The maximum Gasteiger partial charge on any atom is 0.267 e. The maximum absolute atomic E-state index is 12.8. The fourth-order valence-corrected chi connectivity index (χ4v) is 3.57. The predicted octanol–water partition coefficient (Wildman–Crippen LogP) is 4.25. The zero-order valence-corrected chi connectivity index (χ0v) is 21.6. The molecule has 0 aliphatic rings. The van der Waals surface area contributed by atoms with Gasteiger partial charge < -0.3 is 15.7 Å². The highest BCUT2D eigenvalue weighted by molar-refractivity contribution is 6.04. The second kappa shape index (κ2) is 10.8. The molecule has 10 heteroatoms. The van der Waals surface area contributed by atoms with Crippen molar-refractivity contribution in [2.24, 2.45) is 5.41 Å². The zero-order chi connectivity index (χ0) is 27.4. The number of hydroxylamine groups is 1. The topological polar surface area (TPSA) is 141 Å². The lowest BCUT2D eigenvalue weighted by Gasteiger charge is -2.28. The second-order valence-corrected chi connectivity index (χ2v) is 9.98. The smallest absolute Gasteiger partial charge is 0.267 e. The summed E-state index contributed by atoms with van der Waals surface area (Å²) in [4.78, 5) is 28.7. The van der Waals surface area contributed by atoms with Gasteiger partial charge in [-0.05, 0) is 54.5 Å². The Morgan fingerprint density at radius 3 is 2.61 bits per heavy atom. The molecular weight excluding hydrogens is 484 g/mol. The summed E-state index contributed by atoms with van der Waals surface area (Å²) in [5.41, 5.74) is 6.16. The third-order valence-electron chi connectivity index (χ3n) is 5.89. The Balaban J connectivity index is 1.53. The van der Waals surface area contributed by atoms with Crippen LogP contribution in [0.2, 0.25) is 0 Å². The van der Waals surface area contributed by atoms with Crippen LogP contribution < -0.4 is 16.1 Å². The number of amides is 2. The maximum atomic E-state index is 12.8. The van der Waals surface area contributed by atoms with Crippen LogP contribution in [-0.4, -0.2) is 43.0 Å². The van der Waals surface area contributed by atoms with Gasteiger partial charge >= 0.3 is 0 Å². The van der Waals surface area contributed by atoms with Gasteiger partial charge in [-0.2, -0.15) is 0 Å². The van der Waals surface area contributed by atoms with E-state index < -0.39 is 12.1 Å². The van der Waals surface area contributed by atoms with Crippen molar-refractivity contribution < 1.29 is 19.9 Å². The normalized spacial score (nSPS) is 12.5. The highest BCUT2D eigenvalue weighted by Crippen LogP contribution is 2.28. The van der Waals surface area contributed by atoms with Crippen molar-refractivity contribution in [3.63, 3.8) is 0 Å². The quantitative estimate of drug-likeness (QED) is 0.107. The molecule has 1 unspecified atom stereocenters. The van der Waals surface area contributed by atoms with Gasteiger partial charge in [-0.1, -0.05) is 45.0 Å². The summed E-state index contributed by atoms with van der Waals surface area (Å²) in [5, 5.41) is 29.5.